The molecule has 0 fully saturated rings. The van der Waals surface area contributed by atoms with Crippen LogP contribution in [0.15, 0.2) is 48.5 Å². The maximum Gasteiger partial charge on any atom is 0.224 e. The van der Waals surface area contributed by atoms with Gasteiger partial charge in [-0.2, -0.15) is 0 Å². The van der Waals surface area contributed by atoms with Crippen LogP contribution in [0.5, 0.6) is 5.75 Å². The Morgan fingerprint density at radius 1 is 1.04 bits per heavy atom. The minimum Gasteiger partial charge on any atom is -0.494 e. The second kappa shape index (κ2) is 9.72. The van der Waals surface area contributed by atoms with Gasteiger partial charge in [0.1, 0.15) is 5.75 Å². The number of aryl methyl sites for hydroxylation is 1. The smallest absolute Gasteiger partial charge is 0.224 e. The number of benzene rings is 2. The Labute approximate surface area is 150 Å². The van der Waals surface area contributed by atoms with Gasteiger partial charge in [0.25, 0.3) is 0 Å². The molecule has 0 radical (unpaired) electrons. The maximum atomic E-state index is 12.0. The van der Waals surface area contributed by atoms with Crippen LogP contribution >= 0.6 is 0 Å². The van der Waals surface area contributed by atoms with Crippen molar-refractivity contribution < 1.29 is 9.53 Å². The van der Waals surface area contributed by atoms with Crippen molar-refractivity contribution in [2.75, 3.05) is 30.9 Å². The zero-order chi connectivity index (χ0) is 18.1. The summed E-state index contributed by atoms with van der Waals surface area (Å²) >= 11 is 0. The van der Waals surface area contributed by atoms with Crippen LogP contribution in [-0.2, 0) is 11.2 Å². The second-order valence-corrected chi connectivity index (χ2v) is 6.34. The molecular formula is C21H28N2O2. The van der Waals surface area contributed by atoms with Gasteiger partial charge in [-0.05, 0) is 54.8 Å². The monoisotopic (exact) mass is 340 g/mol. The minimum atomic E-state index is 0.0134. The molecule has 0 saturated heterocycles. The van der Waals surface area contributed by atoms with Crippen LogP contribution in [0.3, 0.4) is 0 Å². The molecule has 0 spiro atoms. The van der Waals surface area contributed by atoms with E-state index in [1.807, 2.05) is 55.4 Å². The summed E-state index contributed by atoms with van der Waals surface area (Å²) < 4.78 is 5.70. The molecule has 4 heteroatoms. The van der Waals surface area contributed by atoms with Gasteiger partial charge in [0.15, 0.2) is 0 Å². The lowest BCUT2D eigenvalue weighted by Crippen LogP contribution is -2.13. The van der Waals surface area contributed by atoms with Crippen molar-refractivity contribution in [1.82, 2.24) is 0 Å². The molecule has 0 aliphatic rings. The van der Waals surface area contributed by atoms with E-state index in [-0.39, 0.29) is 5.91 Å². The molecule has 0 heterocycles. The highest BCUT2D eigenvalue weighted by Crippen LogP contribution is 2.16. The number of nitrogens with zero attached hydrogens (tertiary/aromatic N) is 1. The molecule has 0 saturated carbocycles. The van der Waals surface area contributed by atoms with Gasteiger partial charge in [-0.1, -0.05) is 25.5 Å². The first-order valence-electron chi connectivity index (χ1n) is 8.87. The van der Waals surface area contributed by atoms with Gasteiger partial charge in [-0.15, -0.1) is 0 Å². The van der Waals surface area contributed by atoms with Gasteiger partial charge in [0.05, 0.1) is 6.61 Å². The van der Waals surface area contributed by atoms with Gasteiger partial charge < -0.3 is 15.0 Å². The molecule has 1 N–H and O–H groups in total. The Balaban J connectivity index is 1.68. The Kier molecular flexibility index (Phi) is 7.33. The molecule has 0 atom stereocenters. The molecule has 2 aromatic carbocycles. The molecule has 2 rings (SSSR count). The largest absolute Gasteiger partial charge is 0.494 e. The lowest BCUT2D eigenvalue weighted by Gasteiger charge is -2.13. The summed E-state index contributed by atoms with van der Waals surface area (Å²) in [6, 6.07) is 16.0. The molecule has 4 nitrogen and oxygen atoms in total. The number of ether oxygens (including phenoxy) is 1. The Morgan fingerprint density at radius 3 is 2.32 bits per heavy atom. The van der Waals surface area contributed by atoms with E-state index in [1.165, 1.54) is 5.56 Å². The molecule has 134 valence electrons. The van der Waals surface area contributed by atoms with Gasteiger partial charge in [-0.25, -0.2) is 0 Å². The fourth-order valence-electron chi connectivity index (χ4n) is 2.53. The van der Waals surface area contributed by atoms with Crippen molar-refractivity contribution >= 4 is 17.3 Å². The first-order valence-corrected chi connectivity index (χ1v) is 8.87. The summed E-state index contributed by atoms with van der Waals surface area (Å²) in [6.07, 6.45) is 3.38. The lowest BCUT2D eigenvalue weighted by molar-refractivity contribution is -0.116. The van der Waals surface area contributed by atoms with Crippen molar-refractivity contribution in [2.45, 2.75) is 32.6 Å². The predicted molar refractivity (Wildman–Crippen MR) is 105 cm³/mol. The molecule has 0 aliphatic carbocycles. The molecule has 0 aliphatic heterocycles. The summed E-state index contributed by atoms with van der Waals surface area (Å²) in [5.74, 6) is 0.874. The van der Waals surface area contributed by atoms with Crippen molar-refractivity contribution in [3.63, 3.8) is 0 Å². The number of carbonyl (C=O) groups excluding carboxylic acids is 1. The zero-order valence-corrected chi connectivity index (χ0v) is 15.4. The van der Waals surface area contributed by atoms with Crippen molar-refractivity contribution in [3.8, 4) is 5.75 Å². The molecular weight excluding hydrogens is 312 g/mol. The van der Waals surface area contributed by atoms with Crippen LogP contribution in [-0.4, -0.2) is 26.6 Å². The minimum absolute atomic E-state index is 0.0134. The molecule has 0 unspecified atom stereocenters. The fraction of sp³-hybridized carbons (Fsp3) is 0.381. The van der Waals surface area contributed by atoms with E-state index >= 15 is 0 Å². The van der Waals surface area contributed by atoms with Crippen LogP contribution in [0.25, 0.3) is 0 Å². The van der Waals surface area contributed by atoms with E-state index in [0.717, 1.165) is 30.0 Å². The van der Waals surface area contributed by atoms with E-state index in [4.69, 9.17) is 4.74 Å². The third-order valence-electron chi connectivity index (χ3n) is 3.95. The van der Waals surface area contributed by atoms with Crippen molar-refractivity contribution in [3.05, 3.63) is 54.1 Å². The van der Waals surface area contributed by atoms with E-state index in [9.17, 15) is 4.79 Å². The van der Waals surface area contributed by atoms with E-state index in [2.05, 4.69) is 24.4 Å². The van der Waals surface area contributed by atoms with Crippen molar-refractivity contribution in [1.29, 1.82) is 0 Å². The highest BCUT2D eigenvalue weighted by atomic mass is 16.5. The highest BCUT2D eigenvalue weighted by molar-refractivity contribution is 5.90. The molecule has 2 aromatic rings. The van der Waals surface area contributed by atoms with Crippen LogP contribution in [0, 0.1) is 0 Å². The third-order valence-corrected chi connectivity index (χ3v) is 3.95. The van der Waals surface area contributed by atoms with Gasteiger partial charge in [0, 0.05) is 31.9 Å². The summed E-state index contributed by atoms with van der Waals surface area (Å²) in [5, 5.41) is 2.92. The Hall–Kier alpha value is -2.49. The van der Waals surface area contributed by atoms with Crippen LogP contribution in [0.4, 0.5) is 11.4 Å². The highest BCUT2D eigenvalue weighted by Gasteiger charge is 2.03. The number of anilines is 2. The normalized spacial score (nSPS) is 10.4. The topological polar surface area (TPSA) is 41.6 Å². The van der Waals surface area contributed by atoms with E-state index < -0.39 is 0 Å². The molecule has 1 amide bonds. The van der Waals surface area contributed by atoms with Crippen LogP contribution in [0.1, 0.15) is 31.7 Å². The number of amides is 1. The number of hydrogen-bond donors (Lipinski definition) is 1. The standard InChI is InChI=1S/C21H28N2O2/c1-4-6-17-8-14-20(15-9-17)25-16-5-7-21(24)22-18-10-12-19(13-11-18)23(2)3/h8-15H,4-7,16H2,1-3H3,(H,22,24). The van der Waals surface area contributed by atoms with Crippen LogP contribution in [0.2, 0.25) is 0 Å². The summed E-state index contributed by atoms with van der Waals surface area (Å²) in [5.41, 5.74) is 3.26. The first-order chi connectivity index (χ1) is 12.1. The lowest BCUT2D eigenvalue weighted by atomic mass is 10.1. The fourth-order valence-corrected chi connectivity index (χ4v) is 2.53. The summed E-state index contributed by atoms with van der Waals surface area (Å²) in [4.78, 5) is 14.0. The van der Waals surface area contributed by atoms with Gasteiger partial charge in [0.2, 0.25) is 5.91 Å². The molecule has 0 aromatic heterocycles. The van der Waals surface area contributed by atoms with Crippen molar-refractivity contribution in [2.24, 2.45) is 0 Å². The molecule has 25 heavy (non-hydrogen) atoms. The zero-order valence-electron chi connectivity index (χ0n) is 15.4. The summed E-state index contributed by atoms with van der Waals surface area (Å²) in [6.45, 7) is 2.71. The predicted octanol–water partition coefficient (Wildman–Crippen LogP) is 4.50. The Morgan fingerprint density at radius 2 is 1.72 bits per heavy atom. The summed E-state index contributed by atoms with van der Waals surface area (Å²) in [7, 11) is 3.98. The second-order valence-electron chi connectivity index (χ2n) is 6.34. The maximum absolute atomic E-state index is 12.0. The SMILES string of the molecule is CCCc1ccc(OCCCC(=O)Nc2ccc(N(C)C)cc2)cc1. The van der Waals surface area contributed by atoms with Gasteiger partial charge >= 0.3 is 0 Å². The number of nitrogens with one attached hydrogen (secondary N) is 1. The average Bonchev–Trinajstić information content (AvgIpc) is 2.61. The number of hydrogen-bond acceptors (Lipinski definition) is 3. The van der Waals surface area contributed by atoms with Crippen LogP contribution < -0.4 is 15.0 Å². The quantitative estimate of drug-likeness (QED) is 0.683. The first kappa shape index (κ1) is 18.8. The number of carbonyl (C=O) groups is 1. The van der Waals surface area contributed by atoms with Gasteiger partial charge in [-0.3, -0.25) is 4.79 Å². The van der Waals surface area contributed by atoms with E-state index in [1.54, 1.807) is 0 Å². The average molecular weight is 340 g/mol. The molecule has 0 bridgehead atoms. The van der Waals surface area contributed by atoms with E-state index in [0.29, 0.717) is 19.4 Å². The number of rotatable bonds is 9. The third kappa shape index (κ3) is 6.49. The Bertz CT molecular complexity index is 649.